The fourth-order valence-electron chi connectivity index (χ4n) is 1.09. The van der Waals surface area contributed by atoms with Crippen LogP contribution in [0.15, 0.2) is 10.6 Å². The summed E-state index contributed by atoms with van der Waals surface area (Å²) >= 11 is 11.0. The molecule has 0 aliphatic heterocycles. The van der Waals surface area contributed by atoms with E-state index in [9.17, 15) is 4.79 Å². The molecule has 0 bridgehead atoms. The van der Waals surface area contributed by atoms with Gasteiger partial charge in [0.25, 0.3) is 0 Å². The monoisotopic (exact) mass is 238 g/mol. The number of ether oxygens (including phenoxy) is 1. The summed E-state index contributed by atoms with van der Waals surface area (Å²) in [5.41, 5.74) is 0. The quantitative estimate of drug-likeness (QED) is 0.661. The SMILES string of the molecule is CCCCC(C=C(Cl)Cl)C(=O)OCC. The van der Waals surface area contributed by atoms with Crippen molar-refractivity contribution in [1.29, 1.82) is 0 Å². The zero-order chi connectivity index (χ0) is 11.0. The van der Waals surface area contributed by atoms with Crippen molar-refractivity contribution >= 4 is 29.2 Å². The van der Waals surface area contributed by atoms with Gasteiger partial charge in [-0.3, -0.25) is 4.79 Å². The highest BCUT2D eigenvalue weighted by molar-refractivity contribution is 6.55. The molecule has 4 heteroatoms. The zero-order valence-corrected chi connectivity index (χ0v) is 10.1. The molecule has 0 aromatic rings. The maximum Gasteiger partial charge on any atom is 0.312 e. The lowest BCUT2D eigenvalue weighted by Crippen LogP contribution is -2.15. The summed E-state index contributed by atoms with van der Waals surface area (Å²) in [7, 11) is 0. The molecule has 0 saturated carbocycles. The zero-order valence-electron chi connectivity index (χ0n) is 8.56. The number of carbonyl (C=O) groups is 1. The fraction of sp³-hybridized carbons (Fsp3) is 0.700. The lowest BCUT2D eigenvalue weighted by Gasteiger charge is -2.10. The van der Waals surface area contributed by atoms with Crippen molar-refractivity contribution in [2.75, 3.05) is 6.61 Å². The molecule has 0 heterocycles. The third-order valence-electron chi connectivity index (χ3n) is 1.79. The van der Waals surface area contributed by atoms with Crippen molar-refractivity contribution in [2.24, 2.45) is 5.92 Å². The second-order valence-electron chi connectivity index (χ2n) is 2.96. The maximum atomic E-state index is 11.4. The molecule has 2 nitrogen and oxygen atoms in total. The Hall–Kier alpha value is -0.210. The van der Waals surface area contributed by atoms with E-state index in [4.69, 9.17) is 27.9 Å². The molecular weight excluding hydrogens is 223 g/mol. The molecule has 1 unspecified atom stereocenters. The first kappa shape index (κ1) is 13.8. The lowest BCUT2D eigenvalue weighted by molar-refractivity contribution is -0.146. The summed E-state index contributed by atoms with van der Waals surface area (Å²) in [6.45, 7) is 4.23. The lowest BCUT2D eigenvalue weighted by atomic mass is 10.0. The molecule has 14 heavy (non-hydrogen) atoms. The molecule has 0 fully saturated rings. The number of carbonyl (C=O) groups excluding carboxylic acids is 1. The smallest absolute Gasteiger partial charge is 0.312 e. The number of esters is 1. The van der Waals surface area contributed by atoms with Crippen LogP contribution >= 0.6 is 23.2 Å². The van der Waals surface area contributed by atoms with Gasteiger partial charge >= 0.3 is 5.97 Å². The van der Waals surface area contributed by atoms with Crippen LogP contribution in [0.5, 0.6) is 0 Å². The van der Waals surface area contributed by atoms with Gasteiger partial charge in [-0.15, -0.1) is 0 Å². The highest BCUT2D eigenvalue weighted by atomic mass is 35.5. The molecule has 0 radical (unpaired) electrons. The molecule has 0 rings (SSSR count). The maximum absolute atomic E-state index is 11.4. The summed E-state index contributed by atoms with van der Waals surface area (Å²) in [5.74, 6) is -0.556. The van der Waals surface area contributed by atoms with Gasteiger partial charge in [-0.1, -0.05) is 43.0 Å². The van der Waals surface area contributed by atoms with Crippen LogP contribution in [0.3, 0.4) is 0 Å². The Balaban J connectivity index is 4.23. The van der Waals surface area contributed by atoms with Crippen molar-refractivity contribution in [3.8, 4) is 0 Å². The molecule has 82 valence electrons. The van der Waals surface area contributed by atoms with Crippen molar-refractivity contribution < 1.29 is 9.53 Å². The summed E-state index contributed by atoms with van der Waals surface area (Å²) < 4.78 is 5.03. The van der Waals surface area contributed by atoms with E-state index in [1.807, 2.05) is 0 Å². The molecular formula is C10H16Cl2O2. The average Bonchev–Trinajstić information content (AvgIpc) is 2.12. The van der Waals surface area contributed by atoms with Crippen molar-refractivity contribution in [2.45, 2.75) is 33.1 Å². The van der Waals surface area contributed by atoms with Gasteiger partial charge in [-0.25, -0.2) is 0 Å². The topological polar surface area (TPSA) is 26.3 Å². The number of unbranched alkanes of at least 4 members (excludes halogenated alkanes) is 1. The van der Waals surface area contributed by atoms with E-state index >= 15 is 0 Å². The molecule has 0 aliphatic carbocycles. The van der Waals surface area contributed by atoms with Crippen LogP contribution in [0.4, 0.5) is 0 Å². The largest absolute Gasteiger partial charge is 0.466 e. The third-order valence-corrected chi connectivity index (χ3v) is 2.04. The second-order valence-corrected chi connectivity index (χ2v) is 3.96. The van der Waals surface area contributed by atoms with Gasteiger partial charge in [0.2, 0.25) is 0 Å². The highest BCUT2D eigenvalue weighted by Crippen LogP contribution is 2.18. The van der Waals surface area contributed by atoms with E-state index in [1.54, 1.807) is 6.92 Å². The van der Waals surface area contributed by atoms with Gasteiger partial charge in [0.1, 0.15) is 4.49 Å². The predicted molar refractivity (Wildman–Crippen MR) is 59.4 cm³/mol. The summed E-state index contributed by atoms with van der Waals surface area (Å²) in [6, 6.07) is 0. The van der Waals surface area contributed by atoms with Crippen LogP contribution in [0.25, 0.3) is 0 Å². The third kappa shape index (κ3) is 6.28. The Morgan fingerprint density at radius 3 is 2.50 bits per heavy atom. The molecule has 0 spiro atoms. The minimum absolute atomic E-state index is 0.124. The Bertz CT molecular complexity index is 198. The molecule has 0 aromatic heterocycles. The Kier molecular flexibility index (Phi) is 8.01. The van der Waals surface area contributed by atoms with Crippen molar-refractivity contribution in [1.82, 2.24) is 0 Å². The van der Waals surface area contributed by atoms with Crippen LogP contribution in [-0.2, 0) is 9.53 Å². The van der Waals surface area contributed by atoms with Crippen LogP contribution in [0, 0.1) is 5.92 Å². The van der Waals surface area contributed by atoms with Crippen LogP contribution in [-0.4, -0.2) is 12.6 Å². The normalized spacial score (nSPS) is 12.0. The Morgan fingerprint density at radius 1 is 1.43 bits per heavy atom. The molecule has 0 N–H and O–H groups in total. The average molecular weight is 239 g/mol. The predicted octanol–water partition coefficient (Wildman–Crippen LogP) is 3.67. The van der Waals surface area contributed by atoms with E-state index in [-0.39, 0.29) is 16.4 Å². The highest BCUT2D eigenvalue weighted by Gasteiger charge is 2.16. The minimum atomic E-state index is -0.306. The first-order chi connectivity index (χ1) is 6.61. The fourth-order valence-corrected chi connectivity index (χ4v) is 1.40. The number of hydrogen-bond acceptors (Lipinski definition) is 2. The van der Waals surface area contributed by atoms with Crippen molar-refractivity contribution in [3.05, 3.63) is 10.6 Å². The van der Waals surface area contributed by atoms with Gasteiger partial charge in [0.05, 0.1) is 12.5 Å². The standard InChI is InChI=1S/C10H16Cl2O2/c1-3-5-6-8(7-9(11)12)10(13)14-4-2/h7-8H,3-6H2,1-2H3. The van der Waals surface area contributed by atoms with Gasteiger partial charge in [0.15, 0.2) is 0 Å². The van der Waals surface area contributed by atoms with Gasteiger partial charge in [0, 0.05) is 0 Å². The summed E-state index contributed by atoms with van der Waals surface area (Å²) in [5, 5.41) is 0. The van der Waals surface area contributed by atoms with E-state index in [1.165, 1.54) is 6.08 Å². The Labute approximate surface area is 95.2 Å². The van der Waals surface area contributed by atoms with Gasteiger partial charge in [-0.2, -0.15) is 0 Å². The van der Waals surface area contributed by atoms with Gasteiger partial charge < -0.3 is 4.74 Å². The van der Waals surface area contributed by atoms with E-state index in [0.717, 1.165) is 19.3 Å². The summed E-state index contributed by atoms with van der Waals surface area (Å²) in [4.78, 5) is 11.4. The van der Waals surface area contributed by atoms with Crippen molar-refractivity contribution in [3.63, 3.8) is 0 Å². The number of hydrogen-bond donors (Lipinski definition) is 0. The van der Waals surface area contributed by atoms with E-state index in [2.05, 4.69) is 6.92 Å². The van der Waals surface area contributed by atoms with Crippen LogP contribution in [0.2, 0.25) is 0 Å². The molecule has 1 atom stereocenters. The first-order valence-corrected chi connectivity index (χ1v) is 5.56. The number of halogens is 2. The van der Waals surface area contributed by atoms with Crippen LogP contribution < -0.4 is 0 Å². The summed E-state index contributed by atoms with van der Waals surface area (Å²) in [6.07, 6.45) is 4.26. The molecule has 0 aliphatic rings. The van der Waals surface area contributed by atoms with Gasteiger partial charge in [-0.05, 0) is 19.4 Å². The van der Waals surface area contributed by atoms with E-state index < -0.39 is 0 Å². The Morgan fingerprint density at radius 2 is 2.07 bits per heavy atom. The van der Waals surface area contributed by atoms with E-state index in [0.29, 0.717) is 6.61 Å². The number of rotatable bonds is 6. The second kappa shape index (κ2) is 8.13. The molecule has 0 aromatic carbocycles. The molecule has 0 saturated heterocycles. The molecule has 0 amide bonds. The first-order valence-electron chi connectivity index (χ1n) is 4.81. The van der Waals surface area contributed by atoms with Crippen LogP contribution in [0.1, 0.15) is 33.1 Å². The minimum Gasteiger partial charge on any atom is -0.466 e.